The third-order valence-electron chi connectivity index (χ3n) is 5.81. The molecule has 0 bridgehead atoms. The topological polar surface area (TPSA) is 50.5 Å². The van der Waals surface area contributed by atoms with E-state index in [9.17, 15) is 5.11 Å². The van der Waals surface area contributed by atoms with E-state index in [1.165, 1.54) is 16.7 Å². The monoisotopic (exact) mass is 411 g/mol. The molecule has 31 heavy (non-hydrogen) atoms. The van der Waals surface area contributed by atoms with E-state index in [4.69, 9.17) is 9.72 Å². The second-order valence-corrected chi connectivity index (χ2v) is 8.05. The summed E-state index contributed by atoms with van der Waals surface area (Å²) in [6, 6.07) is 18.5. The fourth-order valence-electron chi connectivity index (χ4n) is 4.49. The van der Waals surface area contributed by atoms with Crippen LogP contribution in [-0.4, -0.2) is 21.4 Å². The zero-order valence-electron chi connectivity index (χ0n) is 18.0. The molecule has 0 spiro atoms. The van der Waals surface area contributed by atoms with Crippen LogP contribution in [0.5, 0.6) is 5.75 Å². The average Bonchev–Trinajstić information content (AvgIpc) is 3.40. The van der Waals surface area contributed by atoms with Crippen LogP contribution in [0.1, 0.15) is 22.3 Å². The molecule has 5 nitrogen and oxygen atoms in total. The molecule has 1 aliphatic heterocycles. The summed E-state index contributed by atoms with van der Waals surface area (Å²) in [4.78, 5) is 6.84. The van der Waals surface area contributed by atoms with Gasteiger partial charge < -0.3 is 14.7 Å². The Labute approximate surface area is 182 Å². The van der Waals surface area contributed by atoms with Crippen molar-refractivity contribution in [1.29, 1.82) is 0 Å². The van der Waals surface area contributed by atoms with Gasteiger partial charge in [0.2, 0.25) is 0 Å². The Balaban J connectivity index is 1.60. The number of aliphatic hydroxyl groups excluding tert-OH is 1. The van der Waals surface area contributed by atoms with Gasteiger partial charge in [-0.05, 0) is 61.7 Å². The summed E-state index contributed by atoms with van der Waals surface area (Å²) >= 11 is 0. The summed E-state index contributed by atoms with van der Waals surface area (Å²) < 4.78 is 8.33. The van der Waals surface area contributed by atoms with E-state index in [1.54, 1.807) is 0 Å². The van der Waals surface area contributed by atoms with Gasteiger partial charge in [0.15, 0.2) is 12.5 Å². The van der Waals surface area contributed by atoms with Gasteiger partial charge in [0.05, 0.1) is 23.5 Å². The molecule has 4 aromatic rings. The highest BCUT2D eigenvalue weighted by Crippen LogP contribution is 2.45. The quantitative estimate of drug-likeness (QED) is 0.485. The SMILES string of the molecule is Cc1cc(C)c(-n2ccnc2-c2cccc3c2OCN3c2ccc(CO)cc2)c(C)c1. The molecule has 2 heterocycles. The normalized spacial score (nSPS) is 12.7. The molecule has 5 heteroatoms. The van der Waals surface area contributed by atoms with Gasteiger partial charge in [-0.1, -0.05) is 35.9 Å². The smallest absolute Gasteiger partial charge is 0.165 e. The Hall–Kier alpha value is -3.57. The first-order valence-electron chi connectivity index (χ1n) is 10.4. The molecule has 0 radical (unpaired) electrons. The number of fused-ring (bicyclic) bond motifs is 1. The lowest BCUT2D eigenvalue weighted by Crippen LogP contribution is -2.15. The maximum absolute atomic E-state index is 9.32. The molecule has 0 saturated carbocycles. The van der Waals surface area contributed by atoms with Crippen LogP contribution in [-0.2, 0) is 6.61 Å². The van der Waals surface area contributed by atoms with E-state index in [0.29, 0.717) is 6.73 Å². The predicted octanol–water partition coefficient (Wildman–Crippen LogP) is 5.44. The molecule has 0 saturated heterocycles. The van der Waals surface area contributed by atoms with Crippen LogP contribution in [0.15, 0.2) is 67.0 Å². The van der Waals surface area contributed by atoms with Gasteiger partial charge in [0.1, 0.15) is 5.82 Å². The van der Waals surface area contributed by atoms with Crippen molar-refractivity contribution in [2.75, 3.05) is 11.6 Å². The first-order valence-corrected chi connectivity index (χ1v) is 10.4. The number of aliphatic hydroxyl groups is 1. The maximum Gasteiger partial charge on any atom is 0.165 e. The van der Waals surface area contributed by atoms with Crippen LogP contribution >= 0.6 is 0 Å². The van der Waals surface area contributed by atoms with Gasteiger partial charge in [0, 0.05) is 18.1 Å². The number of hydrogen-bond acceptors (Lipinski definition) is 4. The Morgan fingerprint density at radius 3 is 2.45 bits per heavy atom. The van der Waals surface area contributed by atoms with Crippen LogP contribution in [0, 0.1) is 20.8 Å². The number of ether oxygens (including phenoxy) is 1. The molecule has 0 unspecified atom stereocenters. The zero-order valence-corrected chi connectivity index (χ0v) is 18.0. The highest BCUT2D eigenvalue weighted by Gasteiger charge is 2.27. The average molecular weight is 412 g/mol. The van der Waals surface area contributed by atoms with Crippen molar-refractivity contribution < 1.29 is 9.84 Å². The molecule has 0 fully saturated rings. The number of aromatic nitrogens is 2. The van der Waals surface area contributed by atoms with Gasteiger partial charge in [-0.3, -0.25) is 4.57 Å². The maximum atomic E-state index is 9.32. The Kier molecular flexibility index (Phi) is 4.75. The highest BCUT2D eigenvalue weighted by molar-refractivity contribution is 5.82. The van der Waals surface area contributed by atoms with E-state index in [1.807, 2.05) is 42.7 Å². The summed E-state index contributed by atoms with van der Waals surface area (Å²) in [5, 5.41) is 9.32. The molecule has 156 valence electrons. The van der Waals surface area contributed by atoms with Crippen molar-refractivity contribution in [3.63, 3.8) is 0 Å². The minimum absolute atomic E-state index is 0.0397. The highest BCUT2D eigenvalue weighted by atomic mass is 16.5. The summed E-state index contributed by atoms with van der Waals surface area (Å²) in [7, 11) is 0. The predicted molar refractivity (Wildman–Crippen MR) is 123 cm³/mol. The second-order valence-electron chi connectivity index (χ2n) is 8.05. The Bertz CT molecular complexity index is 1240. The fourth-order valence-corrected chi connectivity index (χ4v) is 4.49. The molecule has 1 aromatic heterocycles. The van der Waals surface area contributed by atoms with Gasteiger partial charge >= 0.3 is 0 Å². The fraction of sp³-hybridized carbons (Fsp3) is 0.192. The van der Waals surface area contributed by atoms with E-state index < -0.39 is 0 Å². The lowest BCUT2D eigenvalue weighted by Gasteiger charge is -2.17. The largest absolute Gasteiger partial charge is 0.470 e. The molecule has 0 atom stereocenters. The van der Waals surface area contributed by atoms with Crippen LogP contribution in [0.3, 0.4) is 0 Å². The van der Waals surface area contributed by atoms with Crippen LogP contribution in [0.4, 0.5) is 11.4 Å². The number of hydrogen-bond donors (Lipinski definition) is 1. The van der Waals surface area contributed by atoms with Crippen molar-refractivity contribution in [2.24, 2.45) is 0 Å². The minimum Gasteiger partial charge on any atom is -0.470 e. The standard InChI is InChI=1S/C26H25N3O2/c1-17-13-18(2)24(19(3)14-17)28-12-11-27-26(28)22-5-4-6-23-25(22)31-16-29(23)21-9-7-20(15-30)8-10-21/h4-14,30H,15-16H2,1-3H3. The Morgan fingerprint density at radius 2 is 1.74 bits per heavy atom. The van der Waals surface area contributed by atoms with Crippen molar-refractivity contribution in [3.05, 3.63) is 89.2 Å². The van der Waals surface area contributed by atoms with Gasteiger partial charge in [-0.25, -0.2) is 4.98 Å². The van der Waals surface area contributed by atoms with Crippen molar-refractivity contribution >= 4 is 11.4 Å². The van der Waals surface area contributed by atoms with E-state index >= 15 is 0 Å². The number of aryl methyl sites for hydroxylation is 3. The van der Waals surface area contributed by atoms with Crippen LogP contribution < -0.4 is 9.64 Å². The summed E-state index contributed by atoms with van der Waals surface area (Å²) in [5.41, 5.74) is 8.76. The molecular weight excluding hydrogens is 386 g/mol. The number of para-hydroxylation sites is 1. The van der Waals surface area contributed by atoms with E-state index in [-0.39, 0.29) is 6.61 Å². The van der Waals surface area contributed by atoms with Crippen LogP contribution in [0.25, 0.3) is 17.1 Å². The molecule has 1 N–H and O–H groups in total. The summed E-state index contributed by atoms with van der Waals surface area (Å²) in [6.45, 7) is 6.88. The van der Waals surface area contributed by atoms with Crippen molar-refractivity contribution in [2.45, 2.75) is 27.4 Å². The van der Waals surface area contributed by atoms with E-state index in [0.717, 1.165) is 39.8 Å². The molecule has 3 aromatic carbocycles. The Morgan fingerprint density at radius 1 is 1.00 bits per heavy atom. The molecule has 5 rings (SSSR count). The van der Waals surface area contributed by atoms with Crippen LogP contribution in [0.2, 0.25) is 0 Å². The molecule has 0 aliphatic carbocycles. The number of rotatable bonds is 4. The van der Waals surface area contributed by atoms with Crippen molar-refractivity contribution in [3.8, 4) is 22.8 Å². The number of imidazole rings is 1. The molecule has 0 amide bonds. The lowest BCUT2D eigenvalue weighted by atomic mass is 10.0. The molecular formula is C26H25N3O2. The first-order chi connectivity index (χ1) is 15.1. The third-order valence-corrected chi connectivity index (χ3v) is 5.81. The zero-order chi connectivity index (χ0) is 21.5. The number of anilines is 2. The third kappa shape index (κ3) is 3.27. The van der Waals surface area contributed by atoms with E-state index in [2.05, 4.69) is 54.5 Å². The van der Waals surface area contributed by atoms with Crippen molar-refractivity contribution in [1.82, 2.24) is 9.55 Å². The number of nitrogens with zero attached hydrogens (tertiary/aromatic N) is 3. The minimum atomic E-state index is 0.0397. The first kappa shape index (κ1) is 19.4. The van der Waals surface area contributed by atoms with Gasteiger partial charge in [-0.2, -0.15) is 0 Å². The summed E-state index contributed by atoms with van der Waals surface area (Å²) in [6.07, 6.45) is 3.85. The van der Waals surface area contributed by atoms with Gasteiger partial charge in [0.25, 0.3) is 0 Å². The molecule has 1 aliphatic rings. The van der Waals surface area contributed by atoms with Gasteiger partial charge in [-0.15, -0.1) is 0 Å². The summed E-state index contributed by atoms with van der Waals surface area (Å²) in [5.74, 6) is 1.70. The lowest BCUT2D eigenvalue weighted by molar-refractivity contribution is 0.282. The second kappa shape index (κ2) is 7.60. The number of benzene rings is 3.